The average Bonchev–Trinajstić information content (AvgIpc) is 2.47. The first kappa shape index (κ1) is 14.6. The van der Waals surface area contributed by atoms with Crippen molar-refractivity contribution in [1.29, 1.82) is 0 Å². The van der Waals surface area contributed by atoms with E-state index in [4.69, 9.17) is 5.11 Å². The summed E-state index contributed by atoms with van der Waals surface area (Å²) >= 11 is 0. The van der Waals surface area contributed by atoms with Crippen LogP contribution in [0.4, 0.5) is 0 Å². The van der Waals surface area contributed by atoms with Crippen LogP contribution in [-0.4, -0.2) is 38.9 Å². The molecule has 0 unspecified atom stereocenters. The fourth-order valence-corrected chi connectivity index (χ4v) is 1.91. The van der Waals surface area contributed by atoms with Gasteiger partial charge in [0.1, 0.15) is 5.69 Å². The number of carboxylic acids is 1. The molecule has 0 aliphatic carbocycles. The maximum absolute atomic E-state index is 12.3. The van der Waals surface area contributed by atoms with E-state index in [1.807, 2.05) is 12.1 Å². The number of hydrogen-bond acceptors (Lipinski definition) is 4. The van der Waals surface area contributed by atoms with Gasteiger partial charge in [0.05, 0.1) is 23.5 Å². The van der Waals surface area contributed by atoms with Gasteiger partial charge in [0.15, 0.2) is 0 Å². The van der Waals surface area contributed by atoms with Gasteiger partial charge in [-0.2, -0.15) is 0 Å². The molecular weight excluding hydrogens is 270 g/mol. The number of aryl methyl sites for hydroxylation is 1. The maximum atomic E-state index is 12.3. The molecule has 0 saturated carbocycles. The van der Waals surface area contributed by atoms with Gasteiger partial charge in [-0.3, -0.25) is 9.78 Å². The third kappa shape index (κ3) is 3.42. The standard InChI is InChI=1S/C15H15N3O3/c1-10-12(15(20)21)6-7-13(17-10)14(19)18(2)9-11-5-3-4-8-16-11/h3-8H,9H2,1-2H3,(H,20,21). The van der Waals surface area contributed by atoms with Crippen LogP contribution in [0.3, 0.4) is 0 Å². The van der Waals surface area contributed by atoms with Crippen LogP contribution in [0.2, 0.25) is 0 Å². The quantitative estimate of drug-likeness (QED) is 0.925. The van der Waals surface area contributed by atoms with Gasteiger partial charge in [-0.05, 0) is 31.2 Å². The first-order chi connectivity index (χ1) is 9.99. The lowest BCUT2D eigenvalue weighted by molar-refractivity contribution is 0.0693. The fourth-order valence-electron chi connectivity index (χ4n) is 1.91. The number of hydrogen-bond donors (Lipinski definition) is 1. The van der Waals surface area contributed by atoms with Gasteiger partial charge >= 0.3 is 5.97 Å². The molecule has 0 saturated heterocycles. The van der Waals surface area contributed by atoms with Crippen LogP contribution < -0.4 is 0 Å². The van der Waals surface area contributed by atoms with Gasteiger partial charge in [0.25, 0.3) is 5.91 Å². The number of aromatic carboxylic acids is 1. The second-order valence-electron chi connectivity index (χ2n) is 4.62. The van der Waals surface area contributed by atoms with Crippen LogP contribution in [0.15, 0.2) is 36.5 Å². The molecule has 1 amide bonds. The smallest absolute Gasteiger partial charge is 0.337 e. The third-order valence-electron chi connectivity index (χ3n) is 3.01. The molecule has 0 aliphatic rings. The predicted octanol–water partition coefficient (Wildman–Crippen LogP) is 1.76. The first-order valence-corrected chi connectivity index (χ1v) is 6.35. The Morgan fingerprint density at radius 1 is 1.24 bits per heavy atom. The van der Waals surface area contributed by atoms with E-state index in [0.29, 0.717) is 12.2 Å². The van der Waals surface area contributed by atoms with Gasteiger partial charge in [0, 0.05) is 13.2 Å². The normalized spacial score (nSPS) is 10.2. The minimum Gasteiger partial charge on any atom is -0.478 e. The highest BCUT2D eigenvalue weighted by Crippen LogP contribution is 2.10. The molecule has 0 aromatic carbocycles. The van der Waals surface area contributed by atoms with E-state index < -0.39 is 5.97 Å². The van der Waals surface area contributed by atoms with E-state index in [-0.39, 0.29) is 17.2 Å². The Bertz CT molecular complexity index is 671. The zero-order chi connectivity index (χ0) is 15.4. The van der Waals surface area contributed by atoms with Gasteiger partial charge in [0.2, 0.25) is 0 Å². The maximum Gasteiger partial charge on any atom is 0.337 e. The molecule has 0 fully saturated rings. The topological polar surface area (TPSA) is 83.4 Å². The van der Waals surface area contributed by atoms with E-state index in [2.05, 4.69) is 9.97 Å². The van der Waals surface area contributed by atoms with Crippen molar-refractivity contribution < 1.29 is 14.7 Å². The summed E-state index contributed by atoms with van der Waals surface area (Å²) in [5.41, 5.74) is 1.40. The molecule has 6 nitrogen and oxygen atoms in total. The number of nitrogens with zero attached hydrogens (tertiary/aromatic N) is 3. The zero-order valence-electron chi connectivity index (χ0n) is 11.8. The number of rotatable bonds is 4. The molecule has 0 aliphatic heterocycles. The highest BCUT2D eigenvalue weighted by Gasteiger charge is 2.16. The van der Waals surface area contributed by atoms with Gasteiger partial charge in [-0.25, -0.2) is 9.78 Å². The van der Waals surface area contributed by atoms with Gasteiger partial charge < -0.3 is 10.0 Å². The molecule has 2 rings (SSSR count). The molecule has 0 atom stereocenters. The van der Waals surface area contributed by atoms with Crippen LogP contribution in [0.25, 0.3) is 0 Å². The number of amides is 1. The summed E-state index contributed by atoms with van der Waals surface area (Å²) in [4.78, 5) is 32.9. The summed E-state index contributed by atoms with van der Waals surface area (Å²) in [7, 11) is 1.65. The summed E-state index contributed by atoms with van der Waals surface area (Å²) in [6.45, 7) is 1.93. The summed E-state index contributed by atoms with van der Waals surface area (Å²) in [6, 6.07) is 8.31. The van der Waals surface area contributed by atoms with Crippen molar-refractivity contribution in [2.45, 2.75) is 13.5 Å². The van der Waals surface area contributed by atoms with Gasteiger partial charge in [-0.15, -0.1) is 0 Å². The van der Waals surface area contributed by atoms with E-state index in [9.17, 15) is 9.59 Å². The Balaban J connectivity index is 2.16. The van der Waals surface area contributed by atoms with Crippen molar-refractivity contribution in [2.24, 2.45) is 0 Å². The van der Waals surface area contributed by atoms with Crippen LogP contribution in [0.1, 0.15) is 32.2 Å². The summed E-state index contributed by atoms with van der Waals surface area (Å²) < 4.78 is 0. The predicted molar refractivity (Wildman–Crippen MR) is 76.0 cm³/mol. The molecule has 108 valence electrons. The number of pyridine rings is 2. The second-order valence-corrected chi connectivity index (χ2v) is 4.62. The van der Waals surface area contributed by atoms with E-state index in [1.165, 1.54) is 17.0 Å². The molecule has 2 aromatic heterocycles. The second kappa shape index (κ2) is 6.13. The molecule has 0 radical (unpaired) electrons. The van der Waals surface area contributed by atoms with E-state index in [0.717, 1.165) is 5.69 Å². The summed E-state index contributed by atoms with van der Waals surface area (Å²) in [6.07, 6.45) is 1.66. The Labute approximate surface area is 122 Å². The molecule has 0 bridgehead atoms. The fraction of sp³-hybridized carbons (Fsp3) is 0.200. The molecule has 0 spiro atoms. The lowest BCUT2D eigenvalue weighted by Crippen LogP contribution is -2.27. The highest BCUT2D eigenvalue weighted by molar-refractivity contribution is 5.94. The van der Waals surface area contributed by atoms with Crippen molar-refractivity contribution in [1.82, 2.24) is 14.9 Å². The van der Waals surface area contributed by atoms with Crippen molar-refractivity contribution in [3.8, 4) is 0 Å². The number of carboxylic acid groups (broad SMARTS) is 1. The summed E-state index contributed by atoms with van der Waals surface area (Å²) in [5, 5.41) is 8.96. The molecular formula is C15H15N3O3. The lowest BCUT2D eigenvalue weighted by Gasteiger charge is -2.16. The van der Waals surface area contributed by atoms with E-state index in [1.54, 1.807) is 26.2 Å². The highest BCUT2D eigenvalue weighted by atomic mass is 16.4. The molecule has 1 N–H and O–H groups in total. The van der Waals surface area contributed by atoms with Crippen LogP contribution in [0.5, 0.6) is 0 Å². The summed E-state index contributed by atoms with van der Waals surface area (Å²) in [5.74, 6) is -1.33. The number of carbonyl (C=O) groups is 2. The lowest BCUT2D eigenvalue weighted by atomic mass is 10.2. The Kier molecular flexibility index (Phi) is 4.27. The van der Waals surface area contributed by atoms with Crippen LogP contribution in [0, 0.1) is 6.92 Å². The minimum atomic E-state index is -1.05. The zero-order valence-corrected chi connectivity index (χ0v) is 11.8. The largest absolute Gasteiger partial charge is 0.478 e. The molecule has 2 heterocycles. The minimum absolute atomic E-state index is 0.0962. The SMILES string of the molecule is Cc1nc(C(=O)N(C)Cc2ccccn2)ccc1C(=O)O. The Morgan fingerprint density at radius 2 is 2.00 bits per heavy atom. The molecule has 2 aromatic rings. The molecule has 21 heavy (non-hydrogen) atoms. The third-order valence-corrected chi connectivity index (χ3v) is 3.01. The van der Waals surface area contributed by atoms with Crippen LogP contribution >= 0.6 is 0 Å². The van der Waals surface area contributed by atoms with Crippen molar-refractivity contribution in [3.05, 3.63) is 59.2 Å². The number of aromatic nitrogens is 2. The van der Waals surface area contributed by atoms with Gasteiger partial charge in [-0.1, -0.05) is 6.07 Å². The van der Waals surface area contributed by atoms with E-state index >= 15 is 0 Å². The first-order valence-electron chi connectivity index (χ1n) is 6.35. The van der Waals surface area contributed by atoms with Crippen molar-refractivity contribution in [2.75, 3.05) is 7.05 Å². The average molecular weight is 285 g/mol. The molecule has 6 heteroatoms. The van der Waals surface area contributed by atoms with Crippen molar-refractivity contribution in [3.63, 3.8) is 0 Å². The Hall–Kier alpha value is -2.76. The monoisotopic (exact) mass is 285 g/mol. The Morgan fingerprint density at radius 3 is 2.57 bits per heavy atom. The van der Waals surface area contributed by atoms with Crippen LogP contribution in [-0.2, 0) is 6.54 Å². The van der Waals surface area contributed by atoms with Crippen molar-refractivity contribution >= 4 is 11.9 Å². The number of carbonyl (C=O) groups excluding carboxylic acids is 1.